The number of rotatable bonds is 5. The van der Waals surface area contributed by atoms with Gasteiger partial charge in [0, 0.05) is 29.8 Å². The summed E-state index contributed by atoms with van der Waals surface area (Å²) in [4.78, 5) is 36.6. The highest BCUT2D eigenvalue weighted by molar-refractivity contribution is 6.05. The highest BCUT2D eigenvalue weighted by Gasteiger charge is 2.16. The fourth-order valence-corrected chi connectivity index (χ4v) is 3.12. The molecule has 8 nitrogen and oxygen atoms in total. The van der Waals surface area contributed by atoms with E-state index in [2.05, 4.69) is 10.4 Å². The number of nitrogens with zero attached hydrogens (tertiary/aromatic N) is 2. The van der Waals surface area contributed by atoms with Crippen LogP contribution in [0.5, 0.6) is 5.75 Å². The summed E-state index contributed by atoms with van der Waals surface area (Å²) in [5.74, 6) is -0.128. The van der Waals surface area contributed by atoms with Crippen molar-refractivity contribution in [1.82, 2.24) is 9.78 Å². The van der Waals surface area contributed by atoms with Gasteiger partial charge >= 0.3 is 5.63 Å². The van der Waals surface area contributed by atoms with E-state index in [4.69, 9.17) is 9.15 Å². The van der Waals surface area contributed by atoms with Crippen molar-refractivity contribution < 1.29 is 13.9 Å². The summed E-state index contributed by atoms with van der Waals surface area (Å²) in [5.41, 5.74) is 1.16. The molecule has 0 unspecified atom stereocenters. The van der Waals surface area contributed by atoms with Crippen molar-refractivity contribution in [3.63, 3.8) is 0 Å². The van der Waals surface area contributed by atoms with E-state index in [0.717, 1.165) is 5.56 Å². The van der Waals surface area contributed by atoms with Crippen molar-refractivity contribution in [3.05, 3.63) is 87.0 Å². The topological polar surface area (TPSA) is 103 Å². The monoisotopic (exact) mass is 417 g/mol. The minimum atomic E-state index is -0.747. The van der Waals surface area contributed by atoms with E-state index < -0.39 is 11.5 Å². The smallest absolute Gasteiger partial charge is 0.349 e. The Bertz CT molecular complexity index is 1390. The maximum Gasteiger partial charge on any atom is 0.349 e. The predicted molar refractivity (Wildman–Crippen MR) is 117 cm³/mol. The number of carbonyl (C=O) groups excluding carboxylic acids is 1. The van der Waals surface area contributed by atoms with Crippen molar-refractivity contribution in [2.75, 3.05) is 11.9 Å². The van der Waals surface area contributed by atoms with Crippen LogP contribution in [-0.2, 0) is 7.05 Å². The standard InChI is InChI=1S/C23H19N3O5/c1-3-30-19-6-4-5-15-13-17(23(29)31-21(15)19)22(28)24-16-9-7-14(8-10-16)18-11-12-20(27)26(2)25-18/h4-13H,3H2,1-2H3,(H,24,28). The normalized spacial score (nSPS) is 10.8. The Morgan fingerprint density at radius 2 is 1.87 bits per heavy atom. The van der Waals surface area contributed by atoms with Gasteiger partial charge in [0.05, 0.1) is 12.3 Å². The third kappa shape index (κ3) is 4.09. The Morgan fingerprint density at radius 1 is 1.10 bits per heavy atom. The van der Waals surface area contributed by atoms with Crippen molar-refractivity contribution in [1.29, 1.82) is 0 Å². The zero-order chi connectivity index (χ0) is 22.0. The number of nitrogens with one attached hydrogen (secondary N) is 1. The number of aromatic nitrogens is 2. The molecule has 2 heterocycles. The molecule has 0 aliphatic heterocycles. The summed E-state index contributed by atoms with van der Waals surface area (Å²) in [6.45, 7) is 2.26. The molecule has 0 radical (unpaired) electrons. The molecule has 0 aliphatic rings. The van der Waals surface area contributed by atoms with Gasteiger partial charge < -0.3 is 14.5 Å². The zero-order valence-electron chi connectivity index (χ0n) is 16.9. The Kier molecular flexibility index (Phi) is 5.36. The van der Waals surface area contributed by atoms with Crippen LogP contribution in [0.4, 0.5) is 5.69 Å². The van der Waals surface area contributed by atoms with Crippen molar-refractivity contribution >= 4 is 22.6 Å². The van der Waals surface area contributed by atoms with Crippen LogP contribution in [0, 0.1) is 0 Å². The van der Waals surface area contributed by atoms with E-state index in [1.54, 1.807) is 55.6 Å². The molecule has 4 aromatic rings. The molecule has 31 heavy (non-hydrogen) atoms. The van der Waals surface area contributed by atoms with E-state index in [-0.39, 0.29) is 11.1 Å². The van der Waals surface area contributed by atoms with E-state index >= 15 is 0 Å². The maximum atomic E-state index is 12.7. The summed E-state index contributed by atoms with van der Waals surface area (Å²) in [6.07, 6.45) is 0. The minimum absolute atomic E-state index is 0.107. The molecule has 2 aromatic carbocycles. The molecular formula is C23H19N3O5. The Balaban J connectivity index is 1.58. The SMILES string of the molecule is CCOc1cccc2cc(C(=O)Nc3ccc(-c4ccc(=O)n(C)n4)cc3)c(=O)oc12. The number of para-hydroxylation sites is 1. The molecule has 0 atom stereocenters. The highest BCUT2D eigenvalue weighted by atomic mass is 16.5. The van der Waals surface area contributed by atoms with Crippen LogP contribution in [-0.4, -0.2) is 22.3 Å². The van der Waals surface area contributed by atoms with Crippen molar-refractivity contribution in [2.24, 2.45) is 7.05 Å². The number of ether oxygens (including phenoxy) is 1. The summed E-state index contributed by atoms with van der Waals surface area (Å²) in [7, 11) is 1.58. The average Bonchev–Trinajstić information content (AvgIpc) is 2.76. The highest BCUT2D eigenvalue weighted by Crippen LogP contribution is 2.25. The van der Waals surface area contributed by atoms with Gasteiger partial charge in [0.2, 0.25) is 0 Å². The third-order valence-corrected chi connectivity index (χ3v) is 4.67. The zero-order valence-corrected chi connectivity index (χ0v) is 16.9. The number of benzene rings is 2. The maximum absolute atomic E-state index is 12.7. The fraction of sp³-hybridized carbons (Fsp3) is 0.130. The van der Waals surface area contributed by atoms with Crippen LogP contribution in [0.15, 0.2) is 74.7 Å². The lowest BCUT2D eigenvalue weighted by atomic mass is 10.1. The molecule has 2 aromatic heterocycles. The molecule has 1 amide bonds. The quantitative estimate of drug-likeness (QED) is 0.500. The Labute approximate surface area is 176 Å². The molecule has 0 bridgehead atoms. The molecule has 0 spiro atoms. The van der Waals surface area contributed by atoms with Gasteiger partial charge in [-0.25, -0.2) is 9.48 Å². The van der Waals surface area contributed by atoms with Crippen LogP contribution in [0.2, 0.25) is 0 Å². The van der Waals surface area contributed by atoms with Gasteiger partial charge in [-0.2, -0.15) is 5.10 Å². The molecule has 0 fully saturated rings. The van der Waals surface area contributed by atoms with Crippen LogP contribution >= 0.6 is 0 Å². The first-order valence-corrected chi connectivity index (χ1v) is 9.62. The van der Waals surface area contributed by atoms with Crippen molar-refractivity contribution in [3.8, 4) is 17.0 Å². The van der Waals surface area contributed by atoms with Gasteiger partial charge in [0.15, 0.2) is 11.3 Å². The summed E-state index contributed by atoms with van der Waals surface area (Å²) < 4.78 is 12.1. The van der Waals surface area contributed by atoms with Gasteiger partial charge in [-0.05, 0) is 37.3 Å². The predicted octanol–water partition coefficient (Wildman–Crippen LogP) is 3.20. The number of amides is 1. The number of aryl methyl sites for hydroxylation is 1. The molecule has 156 valence electrons. The van der Waals surface area contributed by atoms with Gasteiger partial charge in [-0.1, -0.05) is 24.3 Å². The summed E-state index contributed by atoms with van der Waals surface area (Å²) >= 11 is 0. The molecule has 0 aliphatic carbocycles. The van der Waals surface area contributed by atoms with E-state index in [0.29, 0.717) is 34.7 Å². The van der Waals surface area contributed by atoms with Gasteiger partial charge in [0.1, 0.15) is 5.56 Å². The minimum Gasteiger partial charge on any atom is -0.490 e. The van der Waals surface area contributed by atoms with Crippen LogP contribution < -0.4 is 21.2 Å². The largest absolute Gasteiger partial charge is 0.490 e. The number of carbonyl (C=O) groups is 1. The third-order valence-electron chi connectivity index (χ3n) is 4.67. The first-order valence-electron chi connectivity index (χ1n) is 9.62. The first kappa shape index (κ1) is 20.1. The number of hydrogen-bond donors (Lipinski definition) is 1. The van der Waals surface area contributed by atoms with E-state index in [9.17, 15) is 14.4 Å². The lowest BCUT2D eigenvalue weighted by molar-refractivity contribution is 0.102. The van der Waals surface area contributed by atoms with Gasteiger partial charge in [-0.15, -0.1) is 0 Å². The number of hydrogen-bond acceptors (Lipinski definition) is 6. The van der Waals surface area contributed by atoms with Gasteiger partial charge in [0.25, 0.3) is 11.5 Å². The lowest BCUT2D eigenvalue weighted by Gasteiger charge is -2.08. The van der Waals surface area contributed by atoms with Gasteiger partial charge in [-0.3, -0.25) is 9.59 Å². The average molecular weight is 417 g/mol. The molecular weight excluding hydrogens is 398 g/mol. The van der Waals surface area contributed by atoms with E-state index in [1.165, 1.54) is 16.8 Å². The Morgan fingerprint density at radius 3 is 2.58 bits per heavy atom. The van der Waals surface area contributed by atoms with Crippen LogP contribution in [0.25, 0.3) is 22.2 Å². The Hall–Kier alpha value is -4.20. The number of anilines is 1. The lowest BCUT2D eigenvalue weighted by Crippen LogP contribution is -2.20. The second-order valence-electron chi connectivity index (χ2n) is 6.77. The van der Waals surface area contributed by atoms with Crippen molar-refractivity contribution in [2.45, 2.75) is 6.92 Å². The number of fused-ring (bicyclic) bond motifs is 1. The molecule has 4 rings (SSSR count). The van der Waals surface area contributed by atoms with E-state index in [1.807, 2.05) is 6.92 Å². The molecule has 0 saturated carbocycles. The molecule has 1 N–H and O–H groups in total. The van der Waals surface area contributed by atoms with Crippen LogP contribution in [0.3, 0.4) is 0 Å². The second-order valence-corrected chi connectivity index (χ2v) is 6.77. The summed E-state index contributed by atoms with van der Waals surface area (Å²) in [5, 5.41) is 7.48. The van der Waals surface area contributed by atoms with Crippen LogP contribution in [0.1, 0.15) is 17.3 Å². The molecule has 8 heteroatoms. The first-order chi connectivity index (χ1) is 15.0. The summed E-state index contributed by atoms with van der Waals surface area (Å²) in [6, 6.07) is 16.7. The fourth-order valence-electron chi connectivity index (χ4n) is 3.12. The second kappa shape index (κ2) is 8.27. The molecule has 0 saturated heterocycles.